The number of nitrogens with one attached hydrogen (secondary N) is 1. The van der Waals surface area contributed by atoms with E-state index in [9.17, 15) is 19.0 Å². The van der Waals surface area contributed by atoms with Gasteiger partial charge in [0.1, 0.15) is 19.3 Å². The van der Waals surface area contributed by atoms with Gasteiger partial charge >= 0.3 is 13.8 Å². The van der Waals surface area contributed by atoms with Gasteiger partial charge in [0.05, 0.1) is 33.8 Å². The minimum absolute atomic E-state index is 0.0300. The van der Waals surface area contributed by atoms with Crippen LogP contribution in [0.25, 0.3) is 0 Å². The van der Waals surface area contributed by atoms with E-state index in [0.29, 0.717) is 23.9 Å². The zero-order chi connectivity index (χ0) is 58.6. The molecule has 0 aromatic heterocycles. The van der Waals surface area contributed by atoms with Gasteiger partial charge in [-0.05, 0) is 115 Å². The number of unbranched alkanes of at least 4 members (excludes halogenated alkanes) is 26. The van der Waals surface area contributed by atoms with Crippen molar-refractivity contribution in [1.29, 1.82) is 0 Å². The molecule has 0 rings (SSSR count). The van der Waals surface area contributed by atoms with Crippen LogP contribution in [0.15, 0.2) is 109 Å². The number of likely N-dealkylation sites (N-methyl/N-ethyl adjacent to an activating group) is 1. The number of carbonyl (C=O) groups is 2. The zero-order valence-electron chi connectivity index (χ0n) is 52.5. The van der Waals surface area contributed by atoms with E-state index in [1.807, 2.05) is 33.3 Å². The Balaban J connectivity index is 5.20. The Morgan fingerprint density at radius 3 is 1.23 bits per heavy atom. The van der Waals surface area contributed by atoms with Gasteiger partial charge in [-0.15, -0.1) is 0 Å². The summed E-state index contributed by atoms with van der Waals surface area (Å²) in [5.41, 5.74) is 0. The van der Waals surface area contributed by atoms with E-state index >= 15 is 0 Å². The summed E-state index contributed by atoms with van der Waals surface area (Å²) in [6.45, 7) is 6.85. The number of quaternary nitrogens is 1. The zero-order valence-corrected chi connectivity index (χ0v) is 53.4. The van der Waals surface area contributed by atoms with E-state index in [4.69, 9.17) is 13.8 Å². The highest BCUT2D eigenvalue weighted by Gasteiger charge is 2.30. The fourth-order valence-electron chi connectivity index (χ4n) is 8.91. The van der Waals surface area contributed by atoms with Crippen molar-refractivity contribution in [3.63, 3.8) is 0 Å². The summed E-state index contributed by atoms with van der Waals surface area (Å²) < 4.78 is 30.7. The predicted molar refractivity (Wildman–Crippen MR) is 346 cm³/mol. The molecule has 9 nitrogen and oxygen atoms in total. The number of nitrogens with zero attached hydrogens (tertiary/aromatic N) is 1. The number of hydrogen-bond donors (Lipinski definition) is 2. The lowest BCUT2D eigenvalue weighted by atomic mass is 10.0. The SMILES string of the molecule is CC/C=C\C/C=C\C/C=C\C/C=C\C/C=C\CCCCCCCCCCCC(=O)NC(COP(=O)(O)OCC[N+](C)(C)C)C(/C=C\CCCCCCCCCCCC)OC(=O)CCCCCC/C=C\C/C=C\C/C=C\CCCCC. The van der Waals surface area contributed by atoms with Crippen molar-refractivity contribution in [2.75, 3.05) is 40.9 Å². The van der Waals surface area contributed by atoms with Gasteiger partial charge in [0.15, 0.2) is 0 Å². The maximum Gasteiger partial charge on any atom is 0.472 e. The largest absolute Gasteiger partial charge is 0.472 e. The maximum absolute atomic E-state index is 13.6. The van der Waals surface area contributed by atoms with Crippen molar-refractivity contribution in [1.82, 2.24) is 5.32 Å². The first kappa shape index (κ1) is 76.7. The molecule has 0 aliphatic carbocycles. The lowest BCUT2D eigenvalue weighted by Gasteiger charge is -2.27. The van der Waals surface area contributed by atoms with E-state index in [-0.39, 0.29) is 31.5 Å². The molecule has 3 atom stereocenters. The third-order valence-electron chi connectivity index (χ3n) is 13.9. The van der Waals surface area contributed by atoms with Gasteiger partial charge in [0.2, 0.25) is 5.91 Å². The van der Waals surface area contributed by atoms with Gasteiger partial charge in [0.25, 0.3) is 0 Å². The van der Waals surface area contributed by atoms with Gasteiger partial charge in [-0.2, -0.15) is 0 Å². The van der Waals surface area contributed by atoms with E-state index in [0.717, 1.165) is 122 Å². The Bertz CT molecular complexity index is 1740. The molecule has 2 N–H and O–H groups in total. The third kappa shape index (κ3) is 59.3. The highest BCUT2D eigenvalue weighted by Crippen LogP contribution is 2.43. The molecule has 0 saturated carbocycles. The van der Waals surface area contributed by atoms with Gasteiger partial charge < -0.3 is 19.4 Å². The quantitative estimate of drug-likeness (QED) is 0.0205. The van der Waals surface area contributed by atoms with Crippen molar-refractivity contribution in [3.8, 4) is 0 Å². The lowest BCUT2D eigenvalue weighted by molar-refractivity contribution is -0.870. The Hall–Kier alpha value is -3.33. The highest BCUT2D eigenvalue weighted by atomic mass is 31.2. The van der Waals surface area contributed by atoms with Crippen molar-refractivity contribution < 1.29 is 37.3 Å². The molecule has 0 aromatic carbocycles. The predicted octanol–water partition coefficient (Wildman–Crippen LogP) is 20.5. The molecule has 80 heavy (non-hydrogen) atoms. The molecule has 1 amide bonds. The van der Waals surface area contributed by atoms with Crippen LogP contribution in [0.2, 0.25) is 0 Å². The molecule has 0 heterocycles. The van der Waals surface area contributed by atoms with Crippen LogP contribution in [0.5, 0.6) is 0 Å². The standard InChI is InChI=1S/C70H123N2O7P/c1-7-10-13-16-19-22-25-28-30-32-33-34-35-36-37-38-39-41-42-44-47-50-53-56-59-62-69(73)71-67(66-78-80(75,76)77-65-64-72(4,5)6)68(61-58-55-52-49-46-27-24-21-18-15-12-9-3)79-70(74)63-60-57-54-51-48-45-43-40-31-29-26-23-20-17-14-11-8-2/h10,13,19-20,22-23,28-31,33-34,36-37,43,45,58,61,67-68H,7-9,11-12,14-18,21,24-27,32,35,38-42,44,46-57,59-60,62-66H2,1-6H3,(H-,71,73,75,76)/p+1/b13-10-,22-19-,23-20-,30-28-,31-29-,34-33-,37-36-,45-43-,61-58-. The van der Waals surface area contributed by atoms with E-state index in [2.05, 4.69) is 123 Å². The maximum atomic E-state index is 13.6. The Kier molecular flexibility index (Phi) is 56.4. The van der Waals surface area contributed by atoms with Crippen molar-refractivity contribution in [2.24, 2.45) is 0 Å². The molecule has 460 valence electrons. The molecule has 0 aliphatic rings. The average molecular weight is 1140 g/mol. The second-order valence-electron chi connectivity index (χ2n) is 22.9. The Morgan fingerprint density at radius 2 is 0.800 bits per heavy atom. The summed E-state index contributed by atoms with van der Waals surface area (Å²) in [5.74, 6) is -0.540. The van der Waals surface area contributed by atoms with Crippen LogP contribution in [0, 0.1) is 0 Å². The Labute approximate surface area is 493 Å². The molecule has 0 fully saturated rings. The summed E-state index contributed by atoms with van der Waals surface area (Å²) in [5, 5.41) is 3.05. The summed E-state index contributed by atoms with van der Waals surface area (Å²) >= 11 is 0. The highest BCUT2D eigenvalue weighted by molar-refractivity contribution is 7.47. The van der Waals surface area contributed by atoms with Crippen LogP contribution in [-0.4, -0.2) is 74.3 Å². The number of carbonyl (C=O) groups excluding carboxylic acids is 2. The van der Waals surface area contributed by atoms with Crippen LogP contribution in [0.1, 0.15) is 271 Å². The molecule has 0 aromatic rings. The smallest absolute Gasteiger partial charge is 0.456 e. The lowest BCUT2D eigenvalue weighted by Crippen LogP contribution is -2.47. The number of rotatable bonds is 58. The van der Waals surface area contributed by atoms with Crippen LogP contribution in [0.3, 0.4) is 0 Å². The second-order valence-corrected chi connectivity index (χ2v) is 24.4. The molecule has 0 aliphatic heterocycles. The number of hydrogen-bond acceptors (Lipinski definition) is 6. The summed E-state index contributed by atoms with van der Waals surface area (Å²) in [6, 6.07) is -0.868. The summed E-state index contributed by atoms with van der Waals surface area (Å²) in [6.07, 6.45) is 80.8. The average Bonchev–Trinajstić information content (AvgIpc) is 3.42. The molecule has 0 spiro atoms. The van der Waals surface area contributed by atoms with Crippen LogP contribution >= 0.6 is 7.82 Å². The van der Waals surface area contributed by atoms with E-state index in [1.54, 1.807) is 0 Å². The first-order chi connectivity index (χ1) is 38.9. The summed E-state index contributed by atoms with van der Waals surface area (Å²) in [7, 11) is 1.47. The van der Waals surface area contributed by atoms with Gasteiger partial charge in [0, 0.05) is 12.8 Å². The number of phosphoric ester groups is 1. The number of esters is 1. The topological polar surface area (TPSA) is 111 Å². The monoisotopic (exact) mass is 1140 g/mol. The minimum atomic E-state index is -4.46. The van der Waals surface area contributed by atoms with Crippen molar-refractivity contribution in [2.45, 2.75) is 283 Å². The van der Waals surface area contributed by atoms with Gasteiger partial charge in [-0.3, -0.25) is 18.6 Å². The van der Waals surface area contributed by atoms with Crippen LogP contribution < -0.4 is 5.32 Å². The second kappa shape index (κ2) is 58.9. The first-order valence-electron chi connectivity index (χ1n) is 32.7. The van der Waals surface area contributed by atoms with E-state index < -0.39 is 20.0 Å². The number of ether oxygens (including phenoxy) is 1. The van der Waals surface area contributed by atoms with Crippen LogP contribution in [-0.2, 0) is 27.9 Å². The minimum Gasteiger partial charge on any atom is -0.456 e. The van der Waals surface area contributed by atoms with Gasteiger partial charge in [-0.25, -0.2) is 4.57 Å². The third-order valence-corrected chi connectivity index (χ3v) is 14.9. The summed E-state index contributed by atoms with van der Waals surface area (Å²) in [4.78, 5) is 37.8. The molecule has 0 saturated heterocycles. The number of amides is 1. The molecular formula is C70H124N2O7P+. The Morgan fingerprint density at radius 1 is 0.450 bits per heavy atom. The molecule has 0 bridgehead atoms. The molecule has 0 radical (unpaired) electrons. The number of allylic oxidation sites excluding steroid dienone is 17. The normalized spacial score (nSPS) is 14.3. The fourth-order valence-corrected chi connectivity index (χ4v) is 9.65. The molecule has 10 heteroatoms. The van der Waals surface area contributed by atoms with E-state index in [1.165, 1.54) is 109 Å². The van der Waals surface area contributed by atoms with Crippen LogP contribution in [0.4, 0.5) is 0 Å². The van der Waals surface area contributed by atoms with Crippen molar-refractivity contribution >= 4 is 19.7 Å². The number of phosphoric acid groups is 1. The fraction of sp³-hybridized carbons (Fsp3) is 0.714. The van der Waals surface area contributed by atoms with Crippen molar-refractivity contribution in [3.05, 3.63) is 109 Å². The molecule has 3 unspecified atom stereocenters. The van der Waals surface area contributed by atoms with Gasteiger partial charge in [-0.1, -0.05) is 252 Å². The first-order valence-corrected chi connectivity index (χ1v) is 34.2. The molecular weight excluding hydrogens is 1010 g/mol.